The first kappa shape index (κ1) is 14.8. The molecule has 2 aliphatic carbocycles. The molecule has 116 valence electrons. The zero-order valence-corrected chi connectivity index (χ0v) is 13.6. The van der Waals surface area contributed by atoms with Gasteiger partial charge in [0.05, 0.1) is 0 Å². The second-order valence-electron chi connectivity index (χ2n) is 8.04. The first-order valence-corrected chi connectivity index (χ1v) is 9.14. The van der Waals surface area contributed by atoms with E-state index in [-0.39, 0.29) is 5.54 Å². The Morgan fingerprint density at radius 2 is 1.90 bits per heavy atom. The van der Waals surface area contributed by atoms with Crippen LogP contribution < -0.4 is 5.73 Å². The monoisotopic (exact) mass is 278 g/mol. The van der Waals surface area contributed by atoms with Gasteiger partial charge >= 0.3 is 0 Å². The minimum Gasteiger partial charge on any atom is -0.326 e. The number of nitrogens with zero attached hydrogens (tertiary/aromatic N) is 1. The molecule has 2 heteroatoms. The number of hydrogen-bond acceptors (Lipinski definition) is 2. The Balaban J connectivity index is 1.62. The van der Waals surface area contributed by atoms with Crippen molar-refractivity contribution < 1.29 is 0 Å². The molecule has 2 N–H and O–H groups in total. The molecule has 20 heavy (non-hydrogen) atoms. The molecule has 5 atom stereocenters. The standard InChI is InChI=1S/C18H34N2/c1-3-18(2,20-9-5-4-6-10-20)17(19)13-16-12-14-7-8-15(16)11-14/h14-17H,3-13,19H2,1-2H3. The Labute approximate surface area is 125 Å². The first-order valence-electron chi connectivity index (χ1n) is 9.14. The van der Waals surface area contributed by atoms with Crippen LogP contribution in [-0.2, 0) is 0 Å². The van der Waals surface area contributed by atoms with E-state index >= 15 is 0 Å². The maximum absolute atomic E-state index is 6.76. The Hall–Kier alpha value is -0.0800. The molecule has 2 bridgehead atoms. The van der Waals surface area contributed by atoms with Gasteiger partial charge in [0.25, 0.3) is 0 Å². The summed E-state index contributed by atoms with van der Waals surface area (Å²) in [6.45, 7) is 7.33. The molecule has 0 amide bonds. The fourth-order valence-electron chi connectivity index (χ4n) is 5.37. The van der Waals surface area contributed by atoms with E-state index < -0.39 is 0 Å². The number of piperidine rings is 1. The predicted molar refractivity (Wildman–Crippen MR) is 85.7 cm³/mol. The number of likely N-dealkylation sites (tertiary alicyclic amines) is 1. The van der Waals surface area contributed by atoms with E-state index in [1.807, 2.05) is 0 Å². The topological polar surface area (TPSA) is 29.3 Å². The van der Waals surface area contributed by atoms with Crippen molar-refractivity contribution in [1.29, 1.82) is 0 Å². The lowest BCUT2D eigenvalue weighted by Gasteiger charge is -2.47. The Morgan fingerprint density at radius 3 is 2.45 bits per heavy atom. The van der Waals surface area contributed by atoms with Crippen molar-refractivity contribution in [1.82, 2.24) is 4.90 Å². The second kappa shape index (κ2) is 5.96. The van der Waals surface area contributed by atoms with Gasteiger partial charge in [0.15, 0.2) is 0 Å². The van der Waals surface area contributed by atoms with Gasteiger partial charge in [-0.05, 0) is 82.7 Å². The van der Waals surface area contributed by atoms with Gasteiger partial charge in [0, 0.05) is 11.6 Å². The van der Waals surface area contributed by atoms with Gasteiger partial charge in [-0.3, -0.25) is 4.90 Å². The quantitative estimate of drug-likeness (QED) is 0.829. The lowest BCUT2D eigenvalue weighted by molar-refractivity contribution is 0.0442. The molecule has 5 unspecified atom stereocenters. The summed E-state index contributed by atoms with van der Waals surface area (Å²) in [6, 6.07) is 0.370. The van der Waals surface area contributed by atoms with Crippen LogP contribution in [0.4, 0.5) is 0 Å². The van der Waals surface area contributed by atoms with Crippen molar-refractivity contribution in [2.45, 2.75) is 83.2 Å². The van der Waals surface area contributed by atoms with Crippen molar-refractivity contribution in [2.75, 3.05) is 13.1 Å². The lowest BCUT2D eigenvalue weighted by Crippen LogP contribution is -2.59. The van der Waals surface area contributed by atoms with Crippen LogP contribution in [0.15, 0.2) is 0 Å². The van der Waals surface area contributed by atoms with Crippen molar-refractivity contribution in [3.8, 4) is 0 Å². The Bertz CT molecular complexity index is 323. The summed E-state index contributed by atoms with van der Waals surface area (Å²) < 4.78 is 0. The average Bonchev–Trinajstić information content (AvgIpc) is 3.09. The smallest absolute Gasteiger partial charge is 0.0329 e. The maximum Gasteiger partial charge on any atom is 0.0329 e. The predicted octanol–water partition coefficient (Wildman–Crippen LogP) is 3.79. The fraction of sp³-hybridized carbons (Fsp3) is 1.00. The molecular weight excluding hydrogens is 244 g/mol. The summed E-state index contributed by atoms with van der Waals surface area (Å²) in [7, 11) is 0. The maximum atomic E-state index is 6.76. The van der Waals surface area contributed by atoms with E-state index in [1.165, 1.54) is 70.9 Å². The highest BCUT2D eigenvalue weighted by atomic mass is 15.2. The van der Waals surface area contributed by atoms with E-state index in [0.717, 1.165) is 17.8 Å². The summed E-state index contributed by atoms with van der Waals surface area (Å²) in [6.07, 6.45) is 12.6. The minimum absolute atomic E-state index is 0.238. The van der Waals surface area contributed by atoms with Gasteiger partial charge in [-0.15, -0.1) is 0 Å². The van der Waals surface area contributed by atoms with Crippen molar-refractivity contribution >= 4 is 0 Å². The van der Waals surface area contributed by atoms with Crippen LogP contribution in [0.3, 0.4) is 0 Å². The van der Waals surface area contributed by atoms with Crippen LogP contribution >= 0.6 is 0 Å². The highest BCUT2D eigenvalue weighted by Crippen LogP contribution is 2.50. The minimum atomic E-state index is 0.238. The molecule has 1 heterocycles. The Kier molecular flexibility index (Phi) is 4.42. The first-order chi connectivity index (χ1) is 9.63. The van der Waals surface area contributed by atoms with Crippen molar-refractivity contribution in [2.24, 2.45) is 23.5 Å². The highest BCUT2D eigenvalue weighted by Gasteiger charge is 2.43. The molecule has 1 saturated heterocycles. The van der Waals surface area contributed by atoms with Gasteiger partial charge in [0.1, 0.15) is 0 Å². The zero-order valence-electron chi connectivity index (χ0n) is 13.6. The van der Waals surface area contributed by atoms with Gasteiger partial charge in [-0.1, -0.05) is 19.8 Å². The summed E-state index contributed by atoms with van der Waals surface area (Å²) in [5, 5.41) is 0. The van der Waals surface area contributed by atoms with Crippen LogP contribution in [0.25, 0.3) is 0 Å². The van der Waals surface area contributed by atoms with E-state index in [9.17, 15) is 0 Å². The molecule has 0 aromatic heterocycles. The van der Waals surface area contributed by atoms with Gasteiger partial charge in [-0.2, -0.15) is 0 Å². The third-order valence-electron chi connectivity index (χ3n) is 7.03. The van der Waals surface area contributed by atoms with Gasteiger partial charge in [-0.25, -0.2) is 0 Å². The molecule has 3 rings (SSSR count). The van der Waals surface area contributed by atoms with Crippen molar-refractivity contribution in [3.05, 3.63) is 0 Å². The molecule has 3 fully saturated rings. The Morgan fingerprint density at radius 1 is 1.15 bits per heavy atom. The summed E-state index contributed by atoms with van der Waals surface area (Å²) in [4.78, 5) is 2.72. The third kappa shape index (κ3) is 2.66. The van der Waals surface area contributed by atoms with E-state index in [2.05, 4.69) is 18.7 Å². The van der Waals surface area contributed by atoms with E-state index in [4.69, 9.17) is 5.73 Å². The van der Waals surface area contributed by atoms with Crippen LogP contribution in [0, 0.1) is 17.8 Å². The highest BCUT2D eigenvalue weighted by molar-refractivity contribution is 4.99. The molecule has 1 aliphatic heterocycles. The molecule has 0 radical (unpaired) electrons. The number of nitrogens with two attached hydrogens (primary N) is 1. The average molecular weight is 278 g/mol. The lowest BCUT2D eigenvalue weighted by atomic mass is 9.77. The SMILES string of the molecule is CCC(C)(C(N)CC1CC2CCC1C2)N1CCCCC1. The zero-order chi connectivity index (χ0) is 14.2. The second-order valence-corrected chi connectivity index (χ2v) is 8.04. The third-order valence-corrected chi connectivity index (χ3v) is 7.03. The van der Waals surface area contributed by atoms with Crippen LogP contribution in [0.5, 0.6) is 0 Å². The number of fused-ring (bicyclic) bond motifs is 2. The van der Waals surface area contributed by atoms with Gasteiger partial charge < -0.3 is 5.73 Å². The van der Waals surface area contributed by atoms with Crippen LogP contribution in [0.1, 0.15) is 71.6 Å². The number of rotatable bonds is 5. The summed E-state index contributed by atoms with van der Waals surface area (Å²) in [5.41, 5.74) is 7.00. The van der Waals surface area contributed by atoms with E-state index in [1.54, 1.807) is 0 Å². The van der Waals surface area contributed by atoms with E-state index in [0.29, 0.717) is 6.04 Å². The fourth-order valence-corrected chi connectivity index (χ4v) is 5.37. The van der Waals surface area contributed by atoms with Crippen molar-refractivity contribution in [3.63, 3.8) is 0 Å². The number of hydrogen-bond donors (Lipinski definition) is 1. The molecular formula is C18H34N2. The molecule has 0 aromatic carbocycles. The molecule has 3 aliphatic rings. The van der Waals surface area contributed by atoms with Crippen LogP contribution in [0.2, 0.25) is 0 Å². The van der Waals surface area contributed by atoms with Crippen LogP contribution in [-0.4, -0.2) is 29.6 Å². The summed E-state index contributed by atoms with van der Waals surface area (Å²) in [5.74, 6) is 3.02. The molecule has 2 saturated carbocycles. The summed E-state index contributed by atoms with van der Waals surface area (Å²) >= 11 is 0. The molecule has 0 spiro atoms. The molecule has 0 aromatic rings. The molecule has 2 nitrogen and oxygen atoms in total. The largest absolute Gasteiger partial charge is 0.326 e. The normalized spacial score (nSPS) is 38.9. The van der Waals surface area contributed by atoms with Gasteiger partial charge in [0.2, 0.25) is 0 Å².